The predicted octanol–water partition coefficient (Wildman–Crippen LogP) is 4.10. The van der Waals surface area contributed by atoms with E-state index in [1.54, 1.807) is 0 Å². The molecule has 0 aromatic heterocycles. The van der Waals surface area contributed by atoms with Gasteiger partial charge in [-0.1, -0.05) is 42.5 Å². The Morgan fingerprint density at radius 2 is 1.91 bits per heavy atom. The van der Waals surface area contributed by atoms with Crippen molar-refractivity contribution >= 4 is 0 Å². The third kappa shape index (κ3) is 4.81. The second-order valence-electron chi connectivity index (χ2n) is 6.10. The van der Waals surface area contributed by atoms with Gasteiger partial charge in [0.15, 0.2) is 0 Å². The van der Waals surface area contributed by atoms with Gasteiger partial charge < -0.3 is 14.8 Å². The molecule has 1 aliphatic rings. The van der Waals surface area contributed by atoms with Gasteiger partial charge in [-0.2, -0.15) is 0 Å². The summed E-state index contributed by atoms with van der Waals surface area (Å²) < 4.78 is 11.4. The van der Waals surface area contributed by atoms with Gasteiger partial charge in [0.05, 0.1) is 6.10 Å². The lowest BCUT2D eigenvalue weighted by Gasteiger charge is -2.15. The number of hydrogen-bond donors (Lipinski definition) is 1. The zero-order chi connectivity index (χ0) is 15.9. The smallest absolute Gasteiger partial charge is 0.119 e. The van der Waals surface area contributed by atoms with Crippen LogP contribution in [0.4, 0.5) is 0 Å². The molecule has 3 nitrogen and oxygen atoms in total. The van der Waals surface area contributed by atoms with Crippen LogP contribution in [0.1, 0.15) is 36.9 Å². The first-order chi connectivity index (χ1) is 11.3. The molecule has 122 valence electrons. The average Bonchev–Trinajstić information content (AvgIpc) is 3.13. The molecule has 1 fully saturated rings. The van der Waals surface area contributed by atoms with Gasteiger partial charge >= 0.3 is 0 Å². The number of benzene rings is 2. The summed E-state index contributed by atoms with van der Waals surface area (Å²) in [4.78, 5) is 0. The molecule has 3 heteroatoms. The van der Waals surface area contributed by atoms with Crippen molar-refractivity contribution in [3.63, 3.8) is 0 Å². The summed E-state index contributed by atoms with van der Waals surface area (Å²) >= 11 is 0. The highest BCUT2D eigenvalue weighted by Crippen LogP contribution is 2.17. The molecule has 1 aliphatic heterocycles. The monoisotopic (exact) mass is 311 g/mol. The molecule has 23 heavy (non-hydrogen) atoms. The molecule has 0 bridgehead atoms. The maximum Gasteiger partial charge on any atom is 0.119 e. The summed E-state index contributed by atoms with van der Waals surface area (Å²) in [6, 6.07) is 19.2. The SMILES string of the molecule is CC(NCc1ccc(OCC2CCCO2)cc1)c1ccccc1. The highest BCUT2D eigenvalue weighted by Gasteiger charge is 2.15. The van der Waals surface area contributed by atoms with Crippen molar-refractivity contribution in [1.82, 2.24) is 5.32 Å². The van der Waals surface area contributed by atoms with E-state index in [2.05, 4.69) is 48.6 Å². The first-order valence-corrected chi connectivity index (χ1v) is 8.43. The Kier molecular flexibility index (Phi) is 5.67. The molecule has 0 spiro atoms. The molecule has 1 N–H and O–H groups in total. The van der Waals surface area contributed by atoms with E-state index in [4.69, 9.17) is 9.47 Å². The summed E-state index contributed by atoms with van der Waals surface area (Å²) in [6.45, 7) is 4.57. The standard InChI is InChI=1S/C20H25NO2/c1-16(18-6-3-2-4-7-18)21-14-17-9-11-19(12-10-17)23-15-20-8-5-13-22-20/h2-4,6-7,9-12,16,20-21H,5,8,13-15H2,1H3. The van der Waals surface area contributed by atoms with Crippen LogP contribution in [0.3, 0.4) is 0 Å². The van der Waals surface area contributed by atoms with Crippen molar-refractivity contribution in [3.8, 4) is 5.75 Å². The number of ether oxygens (including phenoxy) is 2. The summed E-state index contributed by atoms with van der Waals surface area (Å²) in [6.07, 6.45) is 2.53. The van der Waals surface area contributed by atoms with Gasteiger partial charge in [0.1, 0.15) is 12.4 Å². The quantitative estimate of drug-likeness (QED) is 0.835. The largest absolute Gasteiger partial charge is 0.491 e. The molecule has 0 aliphatic carbocycles. The van der Waals surface area contributed by atoms with Crippen molar-refractivity contribution in [2.45, 2.75) is 38.5 Å². The van der Waals surface area contributed by atoms with Crippen LogP contribution in [-0.2, 0) is 11.3 Å². The summed E-state index contributed by atoms with van der Waals surface area (Å²) in [5.41, 5.74) is 2.57. The fourth-order valence-corrected chi connectivity index (χ4v) is 2.80. The van der Waals surface area contributed by atoms with Crippen LogP contribution < -0.4 is 10.1 Å². The van der Waals surface area contributed by atoms with Crippen LogP contribution in [0, 0.1) is 0 Å². The summed E-state index contributed by atoms with van der Waals surface area (Å²) in [5, 5.41) is 3.55. The maximum atomic E-state index is 5.79. The molecule has 2 unspecified atom stereocenters. The lowest BCUT2D eigenvalue weighted by atomic mass is 10.1. The maximum absolute atomic E-state index is 5.79. The Balaban J connectivity index is 1.45. The fraction of sp³-hybridized carbons (Fsp3) is 0.400. The molecule has 0 amide bonds. The Labute approximate surface area is 138 Å². The topological polar surface area (TPSA) is 30.5 Å². The molecule has 3 rings (SSSR count). The average molecular weight is 311 g/mol. The lowest BCUT2D eigenvalue weighted by molar-refractivity contribution is 0.0679. The lowest BCUT2D eigenvalue weighted by Crippen LogP contribution is -2.18. The van der Waals surface area contributed by atoms with Gasteiger partial charge in [-0.15, -0.1) is 0 Å². The van der Waals surface area contributed by atoms with Gasteiger partial charge in [0, 0.05) is 19.2 Å². The minimum Gasteiger partial charge on any atom is -0.491 e. The van der Waals surface area contributed by atoms with Crippen molar-refractivity contribution in [2.24, 2.45) is 0 Å². The highest BCUT2D eigenvalue weighted by atomic mass is 16.5. The minimum absolute atomic E-state index is 0.267. The molecule has 2 aromatic carbocycles. The molecule has 1 heterocycles. The Bertz CT molecular complexity index is 576. The second kappa shape index (κ2) is 8.14. The van der Waals surface area contributed by atoms with Crippen LogP contribution in [-0.4, -0.2) is 19.3 Å². The van der Waals surface area contributed by atoms with Crippen molar-refractivity contribution in [1.29, 1.82) is 0 Å². The Morgan fingerprint density at radius 3 is 2.61 bits per heavy atom. The van der Waals surface area contributed by atoms with E-state index in [9.17, 15) is 0 Å². The molecular formula is C20H25NO2. The molecule has 1 saturated heterocycles. The molecule has 0 radical (unpaired) electrons. The van der Waals surface area contributed by atoms with Crippen LogP contribution in [0.15, 0.2) is 54.6 Å². The fourth-order valence-electron chi connectivity index (χ4n) is 2.80. The van der Waals surface area contributed by atoms with E-state index in [0.29, 0.717) is 12.6 Å². The van der Waals surface area contributed by atoms with Gasteiger partial charge in [-0.3, -0.25) is 0 Å². The van der Waals surface area contributed by atoms with Crippen LogP contribution in [0.5, 0.6) is 5.75 Å². The minimum atomic E-state index is 0.267. The van der Waals surface area contributed by atoms with Gasteiger partial charge in [-0.05, 0) is 43.0 Å². The van der Waals surface area contributed by atoms with Crippen molar-refractivity contribution in [2.75, 3.05) is 13.2 Å². The van der Waals surface area contributed by atoms with Crippen LogP contribution in [0.2, 0.25) is 0 Å². The zero-order valence-corrected chi connectivity index (χ0v) is 13.7. The zero-order valence-electron chi connectivity index (χ0n) is 13.7. The van der Waals surface area contributed by atoms with Gasteiger partial charge in [-0.25, -0.2) is 0 Å². The molecule has 0 saturated carbocycles. The number of rotatable bonds is 7. The molecule has 2 aromatic rings. The van der Waals surface area contributed by atoms with E-state index >= 15 is 0 Å². The van der Waals surface area contributed by atoms with E-state index in [1.807, 2.05) is 18.2 Å². The van der Waals surface area contributed by atoms with Crippen molar-refractivity contribution in [3.05, 3.63) is 65.7 Å². The van der Waals surface area contributed by atoms with E-state index in [1.165, 1.54) is 11.1 Å². The summed E-state index contributed by atoms with van der Waals surface area (Å²) in [7, 11) is 0. The third-order valence-electron chi connectivity index (χ3n) is 4.30. The predicted molar refractivity (Wildman–Crippen MR) is 92.6 cm³/mol. The molecule has 2 atom stereocenters. The number of nitrogens with one attached hydrogen (secondary N) is 1. The van der Waals surface area contributed by atoms with E-state index in [0.717, 1.165) is 31.7 Å². The first-order valence-electron chi connectivity index (χ1n) is 8.43. The van der Waals surface area contributed by atoms with Crippen LogP contribution >= 0.6 is 0 Å². The second-order valence-corrected chi connectivity index (χ2v) is 6.10. The van der Waals surface area contributed by atoms with Gasteiger partial charge in [0.25, 0.3) is 0 Å². The van der Waals surface area contributed by atoms with E-state index < -0.39 is 0 Å². The van der Waals surface area contributed by atoms with Crippen LogP contribution in [0.25, 0.3) is 0 Å². The van der Waals surface area contributed by atoms with Crippen molar-refractivity contribution < 1.29 is 9.47 Å². The van der Waals surface area contributed by atoms with E-state index in [-0.39, 0.29) is 6.10 Å². The first kappa shape index (κ1) is 16.0. The third-order valence-corrected chi connectivity index (χ3v) is 4.30. The Hall–Kier alpha value is -1.84. The Morgan fingerprint density at radius 1 is 1.13 bits per heavy atom. The normalized spacial score (nSPS) is 18.7. The number of hydrogen-bond acceptors (Lipinski definition) is 3. The highest BCUT2D eigenvalue weighted by molar-refractivity contribution is 5.27. The van der Waals surface area contributed by atoms with Gasteiger partial charge in [0.2, 0.25) is 0 Å². The summed E-state index contributed by atoms with van der Waals surface area (Å²) in [5.74, 6) is 0.917. The molecular weight excluding hydrogens is 286 g/mol.